The van der Waals surface area contributed by atoms with Gasteiger partial charge in [0.25, 0.3) is 0 Å². The van der Waals surface area contributed by atoms with Gasteiger partial charge >= 0.3 is 0 Å². The average molecular weight is 276 g/mol. The minimum atomic E-state index is 0.150. The predicted octanol–water partition coefficient (Wildman–Crippen LogP) is 0.775. The highest BCUT2D eigenvalue weighted by Gasteiger charge is 2.27. The first-order valence-corrected chi connectivity index (χ1v) is 7.13. The van der Waals surface area contributed by atoms with Crippen molar-refractivity contribution in [2.75, 3.05) is 20.2 Å². The lowest BCUT2D eigenvalue weighted by Gasteiger charge is -2.23. The van der Waals surface area contributed by atoms with Crippen LogP contribution in [0.15, 0.2) is 12.2 Å². The number of hydrogen-bond donors (Lipinski definition) is 0. The monoisotopic (exact) mass is 276 g/mol. The number of allylic oxidation sites excluding steroid dienone is 2. The van der Waals surface area contributed by atoms with E-state index in [0.29, 0.717) is 6.61 Å². The molecule has 3 rings (SSSR count). The van der Waals surface area contributed by atoms with Crippen LogP contribution in [-0.2, 0) is 29.1 Å². The Morgan fingerprint density at radius 2 is 2.10 bits per heavy atom. The van der Waals surface area contributed by atoms with E-state index in [-0.39, 0.29) is 11.8 Å². The minimum Gasteiger partial charge on any atom is -0.377 e. The van der Waals surface area contributed by atoms with Crippen LogP contribution in [0.25, 0.3) is 0 Å². The molecule has 2 aliphatic rings. The van der Waals surface area contributed by atoms with Crippen molar-refractivity contribution in [1.82, 2.24) is 19.7 Å². The maximum atomic E-state index is 12.5. The molecule has 0 aromatic carbocycles. The van der Waals surface area contributed by atoms with Gasteiger partial charge in [0.1, 0.15) is 12.4 Å². The summed E-state index contributed by atoms with van der Waals surface area (Å²) in [6.45, 7) is 2.69. The average Bonchev–Trinajstić information content (AvgIpc) is 3.05. The molecule has 1 aliphatic carbocycles. The summed E-state index contributed by atoms with van der Waals surface area (Å²) in [6, 6.07) is 0. The number of fused-ring (bicyclic) bond motifs is 1. The predicted molar refractivity (Wildman–Crippen MR) is 72.9 cm³/mol. The summed E-state index contributed by atoms with van der Waals surface area (Å²) in [5.41, 5.74) is 0. The molecule has 0 N–H and O–H groups in total. The van der Waals surface area contributed by atoms with E-state index in [1.807, 2.05) is 4.90 Å². The van der Waals surface area contributed by atoms with Gasteiger partial charge in [-0.05, 0) is 12.8 Å². The molecule has 6 nitrogen and oxygen atoms in total. The maximum absolute atomic E-state index is 12.5. The lowest BCUT2D eigenvalue weighted by atomic mass is 10.1. The Hall–Kier alpha value is -1.69. The molecule has 6 heteroatoms. The van der Waals surface area contributed by atoms with Crippen molar-refractivity contribution in [3.8, 4) is 0 Å². The van der Waals surface area contributed by atoms with E-state index in [9.17, 15) is 4.79 Å². The smallest absolute Gasteiger partial charge is 0.226 e. The third kappa shape index (κ3) is 2.47. The van der Waals surface area contributed by atoms with Crippen molar-refractivity contribution in [1.29, 1.82) is 0 Å². The van der Waals surface area contributed by atoms with E-state index in [1.54, 1.807) is 7.11 Å². The SMILES string of the molecule is COCc1nnc2n1CCN(C(=O)C1CC=CC1)CC2. The third-order valence-electron chi connectivity index (χ3n) is 4.05. The fraction of sp³-hybridized carbons (Fsp3) is 0.643. The summed E-state index contributed by atoms with van der Waals surface area (Å²) in [5, 5.41) is 8.36. The Labute approximate surface area is 118 Å². The fourth-order valence-electron chi connectivity index (χ4n) is 2.92. The van der Waals surface area contributed by atoms with Gasteiger partial charge in [0.2, 0.25) is 5.91 Å². The summed E-state index contributed by atoms with van der Waals surface area (Å²) in [5.74, 6) is 2.23. The van der Waals surface area contributed by atoms with E-state index in [0.717, 1.165) is 50.5 Å². The summed E-state index contributed by atoms with van der Waals surface area (Å²) in [4.78, 5) is 14.4. The van der Waals surface area contributed by atoms with E-state index in [4.69, 9.17) is 4.74 Å². The van der Waals surface area contributed by atoms with Crippen LogP contribution in [0, 0.1) is 5.92 Å². The van der Waals surface area contributed by atoms with E-state index in [2.05, 4.69) is 26.9 Å². The molecule has 1 aromatic rings. The molecule has 0 spiro atoms. The van der Waals surface area contributed by atoms with Gasteiger partial charge in [0.05, 0.1) is 0 Å². The van der Waals surface area contributed by atoms with Crippen LogP contribution >= 0.6 is 0 Å². The zero-order chi connectivity index (χ0) is 13.9. The second kappa shape index (κ2) is 5.75. The molecule has 0 unspecified atom stereocenters. The standard InChI is InChI=1S/C14H20N4O2/c1-20-10-13-16-15-12-6-7-17(8-9-18(12)13)14(19)11-4-2-3-5-11/h2-3,11H,4-10H2,1H3. The zero-order valence-corrected chi connectivity index (χ0v) is 11.8. The van der Waals surface area contributed by atoms with E-state index < -0.39 is 0 Å². The Balaban J connectivity index is 1.67. The van der Waals surface area contributed by atoms with Crippen molar-refractivity contribution < 1.29 is 9.53 Å². The molecule has 0 bridgehead atoms. The number of carbonyl (C=O) groups excluding carboxylic acids is 1. The fourth-order valence-corrected chi connectivity index (χ4v) is 2.92. The molecule has 20 heavy (non-hydrogen) atoms. The van der Waals surface area contributed by atoms with Crippen molar-refractivity contribution in [3.05, 3.63) is 23.8 Å². The van der Waals surface area contributed by atoms with Crippen LogP contribution in [0.3, 0.4) is 0 Å². The van der Waals surface area contributed by atoms with Crippen LogP contribution in [0.5, 0.6) is 0 Å². The van der Waals surface area contributed by atoms with Crippen LogP contribution in [0.4, 0.5) is 0 Å². The normalized spacial score (nSPS) is 19.1. The van der Waals surface area contributed by atoms with Gasteiger partial charge in [-0.25, -0.2) is 0 Å². The van der Waals surface area contributed by atoms with Gasteiger partial charge in [-0.2, -0.15) is 0 Å². The lowest BCUT2D eigenvalue weighted by Crippen LogP contribution is -2.37. The Kier molecular flexibility index (Phi) is 3.82. The molecule has 0 atom stereocenters. The second-order valence-electron chi connectivity index (χ2n) is 5.33. The number of methoxy groups -OCH3 is 1. The number of ether oxygens (including phenoxy) is 1. The van der Waals surface area contributed by atoms with E-state index >= 15 is 0 Å². The highest BCUT2D eigenvalue weighted by molar-refractivity contribution is 5.79. The number of aromatic nitrogens is 3. The maximum Gasteiger partial charge on any atom is 0.226 e. The molecule has 1 aromatic heterocycles. The molecule has 2 heterocycles. The van der Waals surface area contributed by atoms with Crippen molar-refractivity contribution in [2.45, 2.75) is 32.4 Å². The first-order chi connectivity index (χ1) is 9.79. The largest absolute Gasteiger partial charge is 0.377 e. The summed E-state index contributed by atoms with van der Waals surface area (Å²) >= 11 is 0. The summed E-state index contributed by atoms with van der Waals surface area (Å²) in [7, 11) is 1.65. The first-order valence-electron chi connectivity index (χ1n) is 7.13. The highest BCUT2D eigenvalue weighted by Crippen LogP contribution is 2.21. The topological polar surface area (TPSA) is 60.3 Å². The van der Waals surface area contributed by atoms with Crippen molar-refractivity contribution in [3.63, 3.8) is 0 Å². The molecule has 1 aliphatic heterocycles. The Bertz CT molecular complexity index is 515. The van der Waals surface area contributed by atoms with Crippen molar-refractivity contribution in [2.24, 2.45) is 5.92 Å². The molecule has 0 saturated heterocycles. The van der Waals surface area contributed by atoms with Gasteiger partial charge in [0.15, 0.2) is 5.82 Å². The molecule has 0 fully saturated rings. The first kappa shape index (κ1) is 13.3. The molecule has 108 valence electrons. The molecule has 1 amide bonds. The van der Waals surface area contributed by atoms with Crippen LogP contribution in [0.2, 0.25) is 0 Å². The summed E-state index contributed by atoms with van der Waals surface area (Å²) in [6.07, 6.45) is 6.74. The second-order valence-corrected chi connectivity index (χ2v) is 5.33. The number of rotatable bonds is 3. The Morgan fingerprint density at radius 1 is 1.30 bits per heavy atom. The molecule has 0 saturated carbocycles. The molecular formula is C14H20N4O2. The van der Waals surface area contributed by atoms with Gasteiger partial charge in [-0.1, -0.05) is 12.2 Å². The Morgan fingerprint density at radius 3 is 2.85 bits per heavy atom. The van der Waals surface area contributed by atoms with Crippen LogP contribution in [0.1, 0.15) is 24.5 Å². The van der Waals surface area contributed by atoms with Crippen molar-refractivity contribution >= 4 is 5.91 Å². The zero-order valence-electron chi connectivity index (χ0n) is 11.8. The quantitative estimate of drug-likeness (QED) is 0.765. The van der Waals surface area contributed by atoms with Crippen LogP contribution in [-0.4, -0.2) is 45.8 Å². The highest BCUT2D eigenvalue weighted by atomic mass is 16.5. The number of amides is 1. The third-order valence-corrected chi connectivity index (χ3v) is 4.05. The molecule has 0 radical (unpaired) electrons. The van der Waals surface area contributed by atoms with Gasteiger partial charge in [-0.15, -0.1) is 10.2 Å². The van der Waals surface area contributed by atoms with E-state index in [1.165, 1.54) is 0 Å². The van der Waals surface area contributed by atoms with Gasteiger partial charge in [-0.3, -0.25) is 4.79 Å². The number of nitrogens with zero attached hydrogens (tertiary/aromatic N) is 4. The van der Waals surface area contributed by atoms with Gasteiger partial charge in [0, 0.05) is 39.1 Å². The summed E-state index contributed by atoms with van der Waals surface area (Å²) < 4.78 is 7.22. The number of carbonyl (C=O) groups is 1. The lowest BCUT2D eigenvalue weighted by molar-refractivity contribution is -0.135. The van der Waals surface area contributed by atoms with Crippen LogP contribution < -0.4 is 0 Å². The molecular weight excluding hydrogens is 256 g/mol. The minimum absolute atomic E-state index is 0.150. The number of hydrogen-bond acceptors (Lipinski definition) is 4. The van der Waals surface area contributed by atoms with Gasteiger partial charge < -0.3 is 14.2 Å².